The summed E-state index contributed by atoms with van der Waals surface area (Å²) in [6.07, 6.45) is 4.50. The summed E-state index contributed by atoms with van der Waals surface area (Å²) in [6, 6.07) is 10.4. The first-order chi connectivity index (χ1) is 9.08. The highest BCUT2D eigenvalue weighted by Gasteiger charge is 2.10. The number of aryl methyl sites for hydroxylation is 1. The molecule has 1 aromatic rings. The van der Waals surface area contributed by atoms with Gasteiger partial charge in [0.1, 0.15) is 0 Å². The molecule has 0 amide bonds. The molecule has 1 unspecified atom stereocenters. The van der Waals surface area contributed by atoms with E-state index in [0.29, 0.717) is 12.3 Å². The average molecular weight is 262 g/mol. The van der Waals surface area contributed by atoms with Crippen molar-refractivity contribution in [2.75, 3.05) is 0 Å². The second-order valence-electron chi connectivity index (χ2n) is 5.62. The van der Waals surface area contributed by atoms with Crippen LogP contribution in [-0.2, 0) is 16.0 Å². The van der Waals surface area contributed by atoms with E-state index in [9.17, 15) is 4.79 Å². The molecule has 19 heavy (non-hydrogen) atoms. The molecular weight excluding hydrogens is 236 g/mol. The zero-order valence-electron chi connectivity index (χ0n) is 12.4. The normalized spacial score (nSPS) is 12.4. The molecule has 1 atom stereocenters. The fourth-order valence-corrected chi connectivity index (χ4v) is 2.24. The van der Waals surface area contributed by atoms with Crippen LogP contribution in [0.3, 0.4) is 0 Å². The van der Waals surface area contributed by atoms with Gasteiger partial charge < -0.3 is 4.74 Å². The van der Waals surface area contributed by atoms with Crippen molar-refractivity contribution in [1.29, 1.82) is 0 Å². The van der Waals surface area contributed by atoms with E-state index in [1.165, 1.54) is 5.56 Å². The molecule has 0 radical (unpaired) electrons. The van der Waals surface area contributed by atoms with Crippen LogP contribution >= 0.6 is 0 Å². The van der Waals surface area contributed by atoms with Crippen molar-refractivity contribution in [3.63, 3.8) is 0 Å². The number of carbonyl (C=O) groups excluding carboxylic acids is 1. The van der Waals surface area contributed by atoms with Gasteiger partial charge in [-0.3, -0.25) is 4.79 Å². The van der Waals surface area contributed by atoms with Crippen molar-refractivity contribution in [3.05, 3.63) is 35.9 Å². The van der Waals surface area contributed by atoms with Crippen molar-refractivity contribution < 1.29 is 9.53 Å². The van der Waals surface area contributed by atoms with Crippen molar-refractivity contribution in [3.8, 4) is 0 Å². The molecule has 0 bridgehead atoms. The number of esters is 1. The van der Waals surface area contributed by atoms with E-state index in [1.54, 1.807) is 0 Å². The van der Waals surface area contributed by atoms with E-state index >= 15 is 0 Å². The molecule has 0 fully saturated rings. The molecule has 0 aliphatic carbocycles. The molecule has 0 aromatic heterocycles. The molecule has 2 heteroatoms. The van der Waals surface area contributed by atoms with E-state index in [0.717, 1.165) is 25.7 Å². The maximum Gasteiger partial charge on any atom is 0.306 e. The van der Waals surface area contributed by atoms with Crippen LogP contribution in [0, 0.1) is 5.92 Å². The molecule has 1 rings (SSSR count). The second kappa shape index (κ2) is 8.73. The summed E-state index contributed by atoms with van der Waals surface area (Å²) < 4.78 is 5.37. The van der Waals surface area contributed by atoms with Gasteiger partial charge in [-0.05, 0) is 44.1 Å². The van der Waals surface area contributed by atoms with Gasteiger partial charge in [-0.1, -0.05) is 44.2 Å². The van der Waals surface area contributed by atoms with E-state index < -0.39 is 0 Å². The Labute approximate surface area is 117 Å². The van der Waals surface area contributed by atoms with Crippen molar-refractivity contribution >= 4 is 5.97 Å². The lowest BCUT2D eigenvalue weighted by molar-refractivity contribution is -0.149. The Hall–Kier alpha value is -1.31. The van der Waals surface area contributed by atoms with Crippen LogP contribution in [0.1, 0.15) is 52.0 Å². The number of unbranched alkanes of at least 4 members (excludes halogenated alkanes) is 1. The molecule has 106 valence electrons. The van der Waals surface area contributed by atoms with Gasteiger partial charge in [-0.25, -0.2) is 0 Å². The third-order valence-electron chi connectivity index (χ3n) is 3.08. The number of ether oxygens (including phenoxy) is 1. The quantitative estimate of drug-likeness (QED) is 0.513. The van der Waals surface area contributed by atoms with Gasteiger partial charge in [0, 0.05) is 6.42 Å². The number of rotatable bonds is 8. The van der Waals surface area contributed by atoms with Crippen molar-refractivity contribution in [1.82, 2.24) is 0 Å². The van der Waals surface area contributed by atoms with Crippen LogP contribution in [0.4, 0.5) is 0 Å². The van der Waals surface area contributed by atoms with Gasteiger partial charge in [0.2, 0.25) is 0 Å². The highest BCUT2D eigenvalue weighted by atomic mass is 16.5. The molecule has 1 aromatic carbocycles. The van der Waals surface area contributed by atoms with Crippen LogP contribution in [0.5, 0.6) is 0 Å². The van der Waals surface area contributed by atoms with Gasteiger partial charge >= 0.3 is 5.97 Å². The molecule has 0 saturated carbocycles. The molecule has 0 N–H and O–H groups in total. The van der Waals surface area contributed by atoms with Gasteiger partial charge in [-0.15, -0.1) is 0 Å². The smallest absolute Gasteiger partial charge is 0.306 e. The second-order valence-corrected chi connectivity index (χ2v) is 5.62. The lowest BCUT2D eigenvalue weighted by atomic mass is 10.1. The highest BCUT2D eigenvalue weighted by Crippen LogP contribution is 2.10. The minimum Gasteiger partial charge on any atom is -0.463 e. The summed E-state index contributed by atoms with van der Waals surface area (Å²) >= 11 is 0. The largest absolute Gasteiger partial charge is 0.463 e. The first-order valence-electron chi connectivity index (χ1n) is 7.31. The van der Waals surface area contributed by atoms with E-state index in [1.807, 2.05) is 13.0 Å². The standard InChI is InChI=1S/C17H26O2/c1-14(2)13-15(3)19-17(18)12-8-7-11-16-9-5-4-6-10-16/h4-6,9-10,14-15H,7-8,11-13H2,1-3H3. The molecule has 0 aliphatic heterocycles. The third kappa shape index (κ3) is 7.66. The SMILES string of the molecule is CC(C)CC(C)OC(=O)CCCCc1ccccc1. The maximum atomic E-state index is 11.6. The molecule has 0 saturated heterocycles. The third-order valence-corrected chi connectivity index (χ3v) is 3.08. The molecule has 0 aliphatic rings. The monoisotopic (exact) mass is 262 g/mol. The van der Waals surface area contributed by atoms with Gasteiger partial charge in [-0.2, -0.15) is 0 Å². The Morgan fingerprint density at radius 1 is 1.11 bits per heavy atom. The van der Waals surface area contributed by atoms with Gasteiger partial charge in [0.15, 0.2) is 0 Å². The van der Waals surface area contributed by atoms with E-state index in [4.69, 9.17) is 4.74 Å². The fourth-order valence-electron chi connectivity index (χ4n) is 2.24. The summed E-state index contributed by atoms with van der Waals surface area (Å²) in [4.78, 5) is 11.6. The summed E-state index contributed by atoms with van der Waals surface area (Å²) in [7, 11) is 0. The maximum absolute atomic E-state index is 11.6. The summed E-state index contributed by atoms with van der Waals surface area (Å²) in [6.45, 7) is 6.26. The molecular formula is C17H26O2. The lowest BCUT2D eigenvalue weighted by Crippen LogP contribution is -2.16. The zero-order valence-corrected chi connectivity index (χ0v) is 12.4. The Kier molecular flexibility index (Phi) is 7.24. The van der Waals surface area contributed by atoms with Crippen molar-refractivity contribution in [2.45, 2.75) is 59.0 Å². The Balaban J connectivity index is 2.10. The first-order valence-corrected chi connectivity index (χ1v) is 7.31. The Morgan fingerprint density at radius 2 is 1.79 bits per heavy atom. The molecule has 0 spiro atoms. The number of hydrogen-bond donors (Lipinski definition) is 0. The summed E-state index contributed by atoms with van der Waals surface area (Å²) in [5.74, 6) is 0.516. The predicted molar refractivity (Wildman–Crippen MR) is 79.0 cm³/mol. The van der Waals surface area contributed by atoms with Crippen LogP contribution in [-0.4, -0.2) is 12.1 Å². The Morgan fingerprint density at radius 3 is 2.42 bits per heavy atom. The predicted octanol–water partition coefficient (Wildman–Crippen LogP) is 4.38. The Bertz CT molecular complexity index is 357. The number of carbonyl (C=O) groups is 1. The van der Waals surface area contributed by atoms with E-state index in [2.05, 4.69) is 38.1 Å². The summed E-state index contributed by atoms with van der Waals surface area (Å²) in [5, 5.41) is 0. The minimum absolute atomic E-state index is 0.0432. The van der Waals surface area contributed by atoms with Crippen LogP contribution in [0.2, 0.25) is 0 Å². The molecule has 2 nitrogen and oxygen atoms in total. The first kappa shape index (κ1) is 15.7. The highest BCUT2D eigenvalue weighted by molar-refractivity contribution is 5.69. The fraction of sp³-hybridized carbons (Fsp3) is 0.588. The lowest BCUT2D eigenvalue weighted by Gasteiger charge is -2.15. The average Bonchev–Trinajstić information content (AvgIpc) is 2.35. The van der Waals surface area contributed by atoms with Crippen LogP contribution in [0.15, 0.2) is 30.3 Å². The minimum atomic E-state index is -0.0544. The molecule has 0 heterocycles. The van der Waals surface area contributed by atoms with Crippen molar-refractivity contribution in [2.24, 2.45) is 5.92 Å². The van der Waals surface area contributed by atoms with Crippen LogP contribution in [0.25, 0.3) is 0 Å². The topological polar surface area (TPSA) is 26.3 Å². The van der Waals surface area contributed by atoms with Crippen LogP contribution < -0.4 is 0 Å². The van der Waals surface area contributed by atoms with E-state index in [-0.39, 0.29) is 12.1 Å². The number of hydrogen-bond acceptors (Lipinski definition) is 2. The van der Waals surface area contributed by atoms with Gasteiger partial charge in [0.05, 0.1) is 6.10 Å². The van der Waals surface area contributed by atoms with Gasteiger partial charge in [0.25, 0.3) is 0 Å². The summed E-state index contributed by atoms with van der Waals surface area (Å²) in [5.41, 5.74) is 1.34. The number of benzene rings is 1. The zero-order chi connectivity index (χ0) is 14.1.